The van der Waals surface area contributed by atoms with Gasteiger partial charge in [-0.3, -0.25) is 0 Å². The summed E-state index contributed by atoms with van der Waals surface area (Å²) in [5.41, 5.74) is 10.4. The van der Waals surface area contributed by atoms with Crippen LogP contribution in [-0.4, -0.2) is 21.5 Å². The molecular formula is C19H21N5O2. The van der Waals surface area contributed by atoms with Crippen LogP contribution in [0, 0.1) is 0 Å². The lowest BCUT2D eigenvalue weighted by atomic mass is 9.98. The molecule has 2 aromatic carbocycles. The number of hydrogen-bond donors (Lipinski definition) is 3. The summed E-state index contributed by atoms with van der Waals surface area (Å²) in [4.78, 5) is 20.9. The maximum Gasteiger partial charge on any atom is 0.339 e. The Hall–Kier alpha value is -3.19. The molecule has 3 aromatic rings. The van der Waals surface area contributed by atoms with E-state index in [1.54, 1.807) is 12.1 Å². The summed E-state index contributed by atoms with van der Waals surface area (Å²) in [6.45, 7) is 5.51. The van der Waals surface area contributed by atoms with Crippen molar-refractivity contribution >= 4 is 28.6 Å². The highest BCUT2D eigenvalue weighted by Gasteiger charge is 2.21. The van der Waals surface area contributed by atoms with E-state index in [2.05, 4.69) is 15.4 Å². The largest absolute Gasteiger partial charge is 0.456 e. The first-order chi connectivity index (χ1) is 12.3. The van der Waals surface area contributed by atoms with Gasteiger partial charge in [-0.15, -0.1) is 0 Å². The van der Waals surface area contributed by atoms with E-state index in [1.165, 1.54) is 0 Å². The fraction of sp³-hybridized carbons (Fsp3) is 0.211. The van der Waals surface area contributed by atoms with Crippen LogP contribution in [0.15, 0.2) is 42.5 Å². The SMILES string of the molecule is CC(C)(C)OC(=O)c1ccccc1-c1ccc2nc(N)nc(NN)c2c1. The predicted octanol–water partition coefficient (Wildman–Crippen LogP) is 3.12. The van der Waals surface area contributed by atoms with E-state index in [0.29, 0.717) is 22.3 Å². The van der Waals surface area contributed by atoms with Gasteiger partial charge in [0, 0.05) is 5.39 Å². The van der Waals surface area contributed by atoms with E-state index in [1.807, 2.05) is 51.1 Å². The summed E-state index contributed by atoms with van der Waals surface area (Å²) < 4.78 is 5.52. The molecule has 0 aliphatic carbocycles. The van der Waals surface area contributed by atoms with Gasteiger partial charge in [0.15, 0.2) is 5.82 Å². The Balaban J connectivity index is 2.13. The average molecular weight is 351 g/mol. The molecule has 0 atom stereocenters. The topological polar surface area (TPSA) is 116 Å². The van der Waals surface area contributed by atoms with Gasteiger partial charge in [-0.2, -0.15) is 4.98 Å². The molecule has 0 fully saturated rings. The number of aromatic nitrogens is 2. The fourth-order valence-corrected chi connectivity index (χ4v) is 2.67. The quantitative estimate of drug-likeness (QED) is 0.377. The number of nitrogens with one attached hydrogen (secondary N) is 1. The number of carbonyl (C=O) groups is 1. The van der Waals surface area contributed by atoms with Crippen LogP contribution in [0.4, 0.5) is 11.8 Å². The molecule has 1 aromatic heterocycles. The second-order valence-electron chi connectivity index (χ2n) is 6.85. The summed E-state index contributed by atoms with van der Waals surface area (Å²) in [6, 6.07) is 12.8. The van der Waals surface area contributed by atoms with Gasteiger partial charge in [-0.1, -0.05) is 24.3 Å². The fourth-order valence-electron chi connectivity index (χ4n) is 2.67. The molecular weight excluding hydrogens is 330 g/mol. The highest BCUT2D eigenvalue weighted by molar-refractivity contribution is 6.00. The molecule has 3 rings (SSSR count). The van der Waals surface area contributed by atoms with Crippen LogP contribution in [0.2, 0.25) is 0 Å². The van der Waals surface area contributed by atoms with Crippen LogP contribution in [0.1, 0.15) is 31.1 Å². The van der Waals surface area contributed by atoms with Crippen molar-refractivity contribution in [3.05, 3.63) is 48.0 Å². The Morgan fingerprint density at radius 3 is 2.54 bits per heavy atom. The molecule has 0 saturated heterocycles. The Morgan fingerprint density at radius 1 is 1.12 bits per heavy atom. The van der Waals surface area contributed by atoms with E-state index < -0.39 is 5.60 Å². The smallest absolute Gasteiger partial charge is 0.339 e. The Bertz CT molecular complexity index is 979. The van der Waals surface area contributed by atoms with Gasteiger partial charge in [-0.25, -0.2) is 15.6 Å². The molecule has 0 aliphatic heterocycles. The summed E-state index contributed by atoms with van der Waals surface area (Å²) in [6.07, 6.45) is 0. The Kier molecular flexibility index (Phi) is 4.48. The van der Waals surface area contributed by atoms with E-state index in [9.17, 15) is 4.79 Å². The maximum absolute atomic E-state index is 12.6. The van der Waals surface area contributed by atoms with Crippen molar-refractivity contribution in [3.8, 4) is 11.1 Å². The molecule has 26 heavy (non-hydrogen) atoms. The zero-order valence-corrected chi connectivity index (χ0v) is 14.9. The summed E-state index contributed by atoms with van der Waals surface area (Å²) in [7, 11) is 0. The second kappa shape index (κ2) is 6.61. The number of benzene rings is 2. The normalized spacial score (nSPS) is 11.4. The standard InChI is InChI=1S/C19H21N5O2/c1-19(2,3)26-17(25)13-7-5-4-6-12(13)11-8-9-15-14(10-11)16(24-21)23-18(20)22-15/h4-10H,21H2,1-3H3,(H3,20,22,23,24). The molecule has 0 spiro atoms. The van der Waals surface area contributed by atoms with E-state index in [4.69, 9.17) is 16.3 Å². The molecule has 0 radical (unpaired) electrons. The van der Waals surface area contributed by atoms with E-state index >= 15 is 0 Å². The van der Waals surface area contributed by atoms with Crippen LogP contribution in [0.3, 0.4) is 0 Å². The minimum Gasteiger partial charge on any atom is -0.456 e. The van der Waals surface area contributed by atoms with Crippen molar-refractivity contribution < 1.29 is 9.53 Å². The second-order valence-corrected chi connectivity index (χ2v) is 6.85. The third-order valence-electron chi connectivity index (χ3n) is 3.71. The number of carbonyl (C=O) groups excluding carboxylic acids is 1. The summed E-state index contributed by atoms with van der Waals surface area (Å²) in [5, 5.41) is 0.707. The lowest BCUT2D eigenvalue weighted by molar-refractivity contribution is 0.00705. The van der Waals surface area contributed by atoms with E-state index in [0.717, 1.165) is 11.1 Å². The predicted molar refractivity (Wildman–Crippen MR) is 102 cm³/mol. The first-order valence-electron chi connectivity index (χ1n) is 8.15. The zero-order chi connectivity index (χ0) is 18.9. The number of nitrogens with two attached hydrogens (primary N) is 2. The molecule has 0 aliphatic rings. The van der Waals surface area contributed by atoms with Gasteiger partial charge < -0.3 is 15.9 Å². The molecule has 5 N–H and O–H groups in total. The third kappa shape index (κ3) is 3.57. The van der Waals surface area contributed by atoms with Crippen LogP contribution in [-0.2, 0) is 4.74 Å². The van der Waals surface area contributed by atoms with Gasteiger partial charge in [0.05, 0.1) is 11.1 Å². The number of anilines is 2. The van der Waals surface area contributed by atoms with Crippen molar-refractivity contribution in [1.29, 1.82) is 0 Å². The lowest BCUT2D eigenvalue weighted by Gasteiger charge is -2.20. The summed E-state index contributed by atoms with van der Waals surface area (Å²) >= 11 is 0. The number of fused-ring (bicyclic) bond motifs is 1. The molecule has 7 nitrogen and oxygen atoms in total. The molecule has 1 heterocycles. The number of ether oxygens (including phenoxy) is 1. The number of hydrazine groups is 1. The molecule has 134 valence electrons. The van der Waals surface area contributed by atoms with Gasteiger partial charge in [0.2, 0.25) is 5.95 Å². The lowest BCUT2D eigenvalue weighted by Crippen LogP contribution is -2.24. The monoisotopic (exact) mass is 351 g/mol. The third-order valence-corrected chi connectivity index (χ3v) is 3.71. The minimum atomic E-state index is -0.574. The van der Waals surface area contributed by atoms with Crippen LogP contribution in [0.25, 0.3) is 22.0 Å². The van der Waals surface area contributed by atoms with Crippen molar-refractivity contribution in [3.63, 3.8) is 0 Å². The number of esters is 1. The van der Waals surface area contributed by atoms with Crippen molar-refractivity contribution in [1.82, 2.24) is 9.97 Å². The van der Waals surface area contributed by atoms with Crippen LogP contribution >= 0.6 is 0 Å². The molecule has 7 heteroatoms. The molecule has 0 unspecified atom stereocenters. The first kappa shape index (κ1) is 17.6. The molecule has 0 amide bonds. The van der Waals surface area contributed by atoms with E-state index in [-0.39, 0.29) is 11.9 Å². The van der Waals surface area contributed by atoms with Crippen molar-refractivity contribution in [2.75, 3.05) is 11.2 Å². The average Bonchev–Trinajstić information content (AvgIpc) is 2.59. The van der Waals surface area contributed by atoms with Crippen LogP contribution in [0.5, 0.6) is 0 Å². The van der Waals surface area contributed by atoms with Crippen LogP contribution < -0.4 is 17.0 Å². The zero-order valence-electron chi connectivity index (χ0n) is 14.9. The van der Waals surface area contributed by atoms with Crippen molar-refractivity contribution in [2.24, 2.45) is 5.84 Å². The Morgan fingerprint density at radius 2 is 1.85 bits per heavy atom. The number of nitrogen functional groups attached to an aromatic ring is 2. The van der Waals surface area contributed by atoms with Gasteiger partial charge >= 0.3 is 5.97 Å². The first-order valence-corrected chi connectivity index (χ1v) is 8.15. The van der Waals surface area contributed by atoms with Crippen molar-refractivity contribution in [2.45, 2.75) is 26.4 Å². The van der Waals surface area contributed by atoms with Gasteiger partial charge in [0.25, 0.3) is 0 Å². The molecule has 0 bridgehead atoms. The van der Waals surface area contributed by atoms with Gasteiger partial charge in [0.1, 0.15) is 5.60 Å². The Labute approximate surface area is 151 Å². The number of nitrogens with zero attached hydrogens (tertiary/aromatic N) is 2. The minimum absolute atomic E-state index is 0.132. The highest BCUT2D eigenvalue weighted by Crippen LogP contribution is 2.30. The summed E-state index contributed by atoms with van der Waals surface area (Å²) in [5.74, 6) is 5.73. The number of hydrogen-bond acceptors (Lipinski definition) is 7. The number of rotatable bonds is 3. The van der Waals surface area contributed by atoms with Gasteiger partial charge in [-0.05, 0) is 50.1 Å². The maximum atomic E-state index is 12.6. The highest BCUT2D eigenvalue weighted by atomic mass is 16.6. The molecule has 0 saturated carbocycles.